The summed E-state index contributed by atoms with van der Waals surface area (Å²) in [7, 11) is 1.42. The number of halogens is 1. The normalized spacial score (nSPS) is 11.2. The van der Waals surface area contributed by atoms with Gasteiger partial charge >= 0.3 is 5.69 Å². The maximum absolute atomic E-state index is 12.4. The zero-order valence-corrected chi connectivity index (χ0v) is 14.1. The van der Waals surface area contributed by atoms with Crippen molar-refractivity contribution in [2.75, 3.05) is 7.11 Å². The molecule has 24 heavy (non-hydrogen) atoms. The molecule has 122 valence electrons. The number of aromatic amines is 1. The van der Waals surface area contributed by atoms with Gasteiger partial charge in [0, 0.05) is 10.0 Å². The topological polar surface area (TPSA) is 96.7 Å². The highest BCUT2D eigenvalue weighted by Gasteiger charge is 2.09. The Kier molecular flexibility index (Phi) is 4.22. The first-order valence-corrected chi connectivity index (χ1v) is 7.65. The lowest BCUT2D eigenvalue weighted by Gasteiger charge is -2.07. The Morgan fingerprint density at radius 1 is 1.29 bits per heavy atom. The van der Waals surface area contributed by atoms with E-state index in [2.05, 4.69) is 26.0 Å². The molecule has 7 nitrogen and oxygen atoms in total. The molecule has 1 heterocycles. The van der Waals surface area contributed by atoms with E-state index in [9.17, 15) is 14.7 Å². The number of hydrogen-bond donors (Lipinski definition) is 2. The quantitative estimate of drug-likeness (QED) is 0.669. The van der Waals surface area contributed by atoms with Crippen LogP contribution in [0.3, 0.4) is 0 Å². The highest BCUT2D eigenvalue weighted by Crippen LogP contribution is 2.32. The van der Waals surface area contributed by atoms with Crippen molar-refractivity contribution >= 4 is 33.0 Å². The van der Waals surface area contributed by atoms with Gasteiger partial charge in [0.2, 0.25) is 0 Å². The van der Waals surface area contributed by atoms with E-state index in [1.54, 1.807) is 36.4 Å². The number of phenolic OH excluding ortho intramolecular Hbond substituents is 1. The SMILES string of the molecule is COc1cc(Br)cc(C=Nn2c(=O)[nH]c3ccccc3c2=O)c1O. The molecule has 3 aromatic rings. The number of benzene rings is 2. The van der Waals surface area contributed by atoms with Crippen molar-refractivity contribution in [1.29, 1.82) is 0 Å². The van der Waals surface area contributed by atoms with Gasteiger partial charge in [0.15, 0.2) is 11.5 Å². The highest BCUT2D eigenvalue weighted by molar-refractivity contribution is 9.10. The number of phenols is 1. The Labute approximate surface area is 144 Å². The number of fused-ring (bicyclic) bond motifs is 1. The van der Waals surface area contributed by atoms with Gasteiger partial charge in [0.25, 0.3) is 5.56 Å². The van der Waals surface area contributed by atoms with Crippen LogP contribution in [0.1, 0.15) is 5.56 Å². The van der Waals surface area contributed by atoms with Gasteiger partial charge in [-0.25, -0.2) is 4.79 Å². The van der Waals surface area contributed by atoms with Gasteiger partial charge in [0.1, 0.15) is 0 Å². The predicted octanol–water partition coefficient (Wildman–Crippen LogP) is 2.05. The summed E-state index contributed by atoms with van der Waals surface area (Å²) in [5, 5.41) is 14.3. The van der Waals surface area contributed by atoms with E-state index in [0.29, 0.717) is 25.6 Å². The molecule has 2 aromatic carbocycles. The first-order valence-electron chi connectivity index (χ1n) is 6.86. The first-order chi connectivity index (χ1) is 11.5. The minimum absolute atomic E-state index is 0.144. The van der Waals surface area contributed by atoms with Crippen LogP contribution in [0.4, 0.5) is 0 Å². The lowest BCUT2D eigenvalue weighted by Crippen LogP contribution is -2.32. The van der Waals surface area contributed by atoms with Gasteiger partial charge in [-0.2, -0.15) is 5.10 Å². The first kappa shape index (κ1) is 16.0. The largest absolute Gasteiger partial charge is 0.504 e. The second kappa shape index (κ2) is 6.32. The van der Waals surface area contributed by atoms with Gasteiger partial charge < -0.3 is 14.8 Å². The number of nitrogens with one attached hydrogen (secondary N) is 1. The third-order valence-electron chi connectivity index (χ3n) is 3.39. The fourth-order valence-electron chi connectivity index (χ4n) is 2.23. The molecule has 0 radical (unpaired) electrons. The molecule has 0 aliphatic heterocycles. The Bertz CT molecular complexity index is 1070. The zero-order valence-electron chi connectivity index (χ0n) is 12.5. The zero-order chi connectivity index (χ0) is 17.3. The molecule has 0 aliphatic rings. The average molecular weight is 390 g/mol. The van der Waals surface area contributed by atoms with Crippen LogP contribution in [-0.2, 0) is 0 Å². The molecule has 0 spiro atoms. The monoisotopic (exact) mass is 389 g/mol. The van der Waals surface area contributed by atoms with Crippen molar-refractivity contribution < 1.29 is 9.84 Å². The Balaban J connectivity index is 2.14. The molecule has 0 saturated carbocycles. The van der Waals surface area contributed by atoms with Crippen LogP contribution in [0.5, 0.6) is 11.5 Å². The summed E-state index contributed by atoms with van der Waals surface area (Å²) in [5.41, 5.74) is -0.491. The fourth-order valence-corrected chi connectivity index (χ4v) is 2.68. The highest BCUT2D eigenvalue weighted by atomic mass is 79.9. The second-order valence-corrected chi connectivity index (χ2v) is 5.80. The van der Waals surface area contributed by atoms with Crippen LogP contribution < -0.4 is 16.0 Å². The minimum atomic E-state index is -0.670. The van der Waals surface area contributed by atoms with Crippen molar-refractivity contribution in [3.05, 3.63) is 67.3 Å². The summed E-state index contributed by atoms with van der Waals surface area (Å²) in [6.07, 6.45) is 1.22. The van der Waals surface area contributed by atoms with E-state index in [4.69, 9.17) is 4.74 Å². The molecule has 3 rings (SSSR count). The number of ether oxygens (including phenoxy) is 1. The van der Waals surface area contributed by atoms with Crippen molar-refractivity contribution in [3.63, 3.8) is 0 Å². The number of nitrogens with zero attached hydrogens (tertiary/aromatic N) is 2. The van der Waals surface area contributed by atoms with E-state index in [1.165, 1.54) is 13.3 Å². The minimum Gasteiger partial charge on any atom is -0.504 e. The number of methoxy groups -OCH3 is 1. The number of rotatable bonds is 3. The summed E-state index contributed by atoms with van der Waals surface area (Å²) >= 11 is 3.29. The molecule has 2 N–H and O–H groups in total. The molecule has 8 heteroatoms. The van der Waals surface area contributed by atoms with Crippen molar-refractivity contribution in [2.24, 2.45) is 5.10 Å². The van der Waals surface area contributed by atoms with Gasteiger partial charge in [-0.1, -0.05) is 28.1 Å². The molecular weight excluding hydrogens is 378 g/mol. The van der Waals surface area contributed by atoms with E-state index in [1.807, 2.05) is 0 Å². The molecule has 0 aliphatic carbocycles. The third kappa shape index (κ3) is 2.83. The van der Waals surface area contributed by atoms with Crippen LogP contribution >= 0.6 is 15.9 Å². The van der Waals surface area contributed by atoms with Crippen LogP contribution in [0.25, 0.3) is 10.9 Å². The summed E-state index contributed by atoms with van der Waals surface area (Å²) in [5.74, 6) is 0.0975. The Hall–Kier alpha value is -2.87. The lowest BCUT2D eigenvalue weighted by molar-refractivity contribution is 0.373. The maximum Gasteiger partial charge on any atom is 0.349 e. The predicted molar refractivity (Wildman–Crippen MR) is 94.2 cm³/mol. The van der Waals surface area contributed by atoms with Crippen molar-refractivity contribution in [1.82, 2.24) is 9.66 Å². The summed E-state index contributed by atoms with van der Waals surface area (Å²) in [4.78, 5) is 27.0. The molecule has 0 amide bonds. The smallest absolute Gasteiger partial charge is 0.349 e. The molecule has 1 aromatic heterocycles. The number of aromatic nitrogens is 2. The lowest BCUT2D eigenvalue weighted by atomic mass is 10.2. The van der Waals surface area contributed by atoms with E-state index < -0.39 is 11.2 Å². The Morgan fingerprint density at radius 2 is 2.04 bits per heavy atom. The molecule has 0 fully saturated rings. The second-order valence-electron chi connectivity index (χ2n) is 4.88. The van der Waals surface area contributed by atoms with Gasteiger partial charge in [0.05, 0.1) is 24.2 Å². The van der Waals surface area contributed by atoms with E-state index >= 15 is 0 Å². The summed E-state index contributed by atoms with van der Waals surface area (Å²) in [6.45, 7) is 0. The van der Waals surface area contributed by atoms with E-state index in [0.717, 1.165) is 0 Å². The number of H-pyrrole nitrogens is 1. The molecule has 0 atom stereocenters. The summed E-state index contributed by atoms with van der Waals surface area (Å²) in [6, 6.07) is 9.82. The van der Waals surface area contributed by atoms with Crippen LogP contribution in [0, 0.1) is 0 Å². The third-order valence-corrected chi connectivity index (χ3v) is 3.84. The van der Waals surface area contributed by atoms with Crippen molar-refractivity contribution in [2.45, 2.75) is 0 Å². The molecule has 0 unspecified atom stereocenters. The maximum atomic E-state index is 12.4. The van der Waals surface area contributed by atoms with E-state index in [-0.39, 0.29) is 11.5 Å². The van der Waals surface area contributed by atoms with Crippen LogP contribution in [-0.4, -0.2) is 28.1 Å². The van der Waals surface area contributed by atoms with Crippen LogP contribution in [0.15, 0.2) is 55.6 Å². The number of hydrogen-bond acceptors (Lipinski definition) is 5. The van der Waals surface area contributed by atoms with Crippen LogP contribution in [0.2, 0.25) is 0 Å². The van der Waals surface area contributed by atoms with Gasteiger partial charge in [-0.3, -0.25) is 4.79 Å². The average Bonchev–Trinajstić information content (AvgIpc) is 2.57. The van der Waals surface area contributed by atoms with Gasteiger partial charge in [-0.15, -0.1) is 4.68 Å². The molecule has 0 saturated heterocycles. The van der Waals surface area contributed by atoms with Gasteiger partial charge in [-0.05, 0) is 24.3 Å². The number of aromatic hydroxyl groups is 1. The summed E-state index contributed by atoms with van der Waals surface area (Å²) < 4.78 is 6.40. The fraction of sp³-hybridized carbons (Fsp3) is 0.0625. The molecule has 0 bridgehead atoms. The number of para-hydroxylation sites is 1. The molecular formula is C16H12BrN3O4. The standard InChI is InChI=1S/C16H12BrN3O4/c1-24-13-7-10(17)6-9(14(13)21)8-18-20-15(22)11-4-2-3-5-12(11)19-16(20)23/h2-8,21H,1H3,(H,19,23). The van der Waals surface area contributed by atoms with Crippen molar-refractivity contribution in [3.8, 4) is 11.5 Å². The Morgan fingerprint density at radius 3 is 2.79 bits per heavy atom.